The third kappa shape index (κ3) is 2.52. The van der Waals surface area contributed by atoms with Crippen molar-refractivity contribution in [3.63, 3.8) is 0 Å². The molecular formula is C13H9Br2F2NO2. The average molecular weight is 409 g/mol. The molecule has 0 amide bonds. The van der Waals surface area contributed by atoms with Gasteiger partial charge in [0.05, 0.1) is 21.6 Å². The number of carbonyl (C=O) groups is 1. The molecule has 1 aromatic heterocycles. The van der Waals surface area contributed by atoms with E-state index in [2.05, 4.69) is 36.8 Å². The lowest BCUT2D eigenvalue weighted by molar-refractivity contribution is 0.103. The number of benzene rings is 1. The maximum absolute atomic E-state index is 13.6. The second kappa shape index (κ2) is 5.65. The van der Waals surface area contributed by atoms with Crippen molar-refractivity contribution in [1.82, 2.24) is 4.98 Å². The minimum absolute atomic E-state index is 0.181. The normalized spacial score (nSPS) is 10.7. The van der Waals surface area contributed by atoms with Crippen molar-refractivity contribution in [2.75, 3.05) is 7.11 Å². The molecule has 0 aliphatic heterocycles. The maximum atomic E-state index is 13.6. The fourth-order valence-electron chi connectivity index (χ4n) is 1.80. The van der Waals surface area contributed by atoms with E-state index in [0.717, 1.165) is 11.8 Å². The lowest BCUT2D eigenvalue weighted by atomic mass is 10.1. The zero-order valence-corrected chi connectivity index (χ0v) is 13.7. The van der Waals surface area contributed by atoms with Crippen molar-refractivity contribution in [2.45, 2.75) is 6.92 Å². The zero-order chi connectivity index (χ0) is 15.0. The fraction of sp³-hybridized carbons (Fsp3) is 0.154. The highest BCUT2D eigenvalue weighted by Crippen LogP contribution is 2.33. The van der Waals surface area contributed by atoms with Crippen molar-refractivity contribution < 1.29 is 18.3 Å². The highest BCUT2D eigenvalue weighted by molar-refractivity contribution is 9.13. The van der Waals surface area contributed by atoms with Crippen LogP contribution in [0.5, 0.6) is 5.75 Å². The molecular weight excluding hydrogens is 400 g/mol. The summed E-state index contributed by atoms with van der Waals surface area (Å²) in [5.41, 5.74) is 0.730. The predicted molar refractivity (Wildman–Crippen MR) is 77.3 cm³/mol. The summed E-state index contributed by atoms with van der Waals surface area (Å²) in [7, 11) is 1.22. The van der Waals surface area contributed by atoms with Crippen LogP contribution in [0.1, 0.15) is 21.7 Å². The summed E-state index contributed by atoms with van der Waals surface area (Å²) < 4.78 is 33.0. The summed E-state index contributed by atoms with van der Waals surface area (Å²) in [6.45, 7) is 1.76. The van der Waals surface area contributed by atoms with E-state index in [1.54, 1.807) is 6.92 Å². The minimum atomic E-state index is -0.922. The van der Waals surface area contributed by atoms with Gasteiger partial charge in [-0.25, -0.2) is 8.78 Å². The Hall–Kier alpha value is -1.21. The fourth-order valence-corrected chi connectivity index (χ4v) is 2.67. The summed E-state index contributed by atoms with van der Waals surface area (Å²) in [5, 5.41) is 0. The number of nitrogens with one attached hydrogen (secondary N) is 1. The van der Waals surface area contributed by atoms with Gasteiger partial charge in [-0.2, -0.15) is 0 Å². The molecule has 0 radical (unpaired) electrons. The number of hydrogen-bond acceptors (Lipinski definition) is 2. The molecule has 0 fully saturated rings. The van der Waals surface area contributed by atoms with Crippen LogP contribution < -0.4 is 4.74 Å². The molecule has 0 unspecified atom stereocenters. The van der Waals surface area contributed by atoms with E-state index >= 15 is 0 Å². The summed E-state index contributed by atoms with van der Waals surface area (Å²) in [5.74, 6) is -2.62. The van der Waals surface area contributed by atoms with Crippen LogP contribution in [-0.2, 0) is 0 Å². The van der Waals surface area contributed by atoms with Crippen LogP contribution >= 0.6 is 31.9 Å². The molecule has 2 aromatic rings. The van der Waals surface area contributed by atoms with Gasteiger partial charge in [0.15, 0.2) is 11.6 Å². The average Bonchev–Trinajstić information content (AvgIpc) is 2.65. The van der Waals surface area contributed by atoms with Crippen LogP contribution in [-0.4, -0.2) is 17.9 Å². The van der Waals surface area contributed by atoms with Gasteiger partial charge in [0.2, 0.25) is 5.78 Å². The van der Waals surface area contributed by atoms with Crippen LogP contribution in [0.15, 0.2) is 21.1 Å². The second-order valence-corrected chi connectivity index (χ2v) is 5.64. The highest BCUT2D eigenvalue weighted by atomic mass is 79.9. The quantitative estimate of drug-likeness (QED) is 0.766. The van der Waals surface area contributed by atoms with Gasteiger partial charge in [-0.1, -0.05) is 0 Å². The van der Waals surface area contributed by atoms with Crippen LogP contribution in [0, 0.1) is 18.6 Å². The van der Waals surface area contributed by atoms with E-state index in [9.17, 15) is 13.6 Å². The van der Waals surface area contributed by atoms with Crippen molar-refractivity contribution >= 4 is 37.6 Å². The summed E-state index contributed by atoms with van der Waals surface area (Å²) >= 11 is 6.55. The number of methoxy groups -OCH3 is 1. The topological polar surface area (TPSA) is 42.1 Å². The molecule has 0 saturated carbocycles. The molecule has 3 nitrogen and oxygen atoms in total. The molecule has 1 N–H and O–H groups in total. The lowest BCUT2D eigenvalue weighted by Crippen LogP contribution is -2.07. The number of aromatic amines is 1. The van der Waals surface area contributed by atoms with Gasteiger partial charge < -0.3 is 9.72 Å². The number of ketones is 1. The van der Waals surface area contributed by atoms with Gasteiger partial charge in [0, 0.05) is 11.8 Å². The van der Waals surface area contributed by atoms with E-state index in [4.69, 9.17) is 4.74 Å². The molecule has 1 heterocycles. The first-order chi connectivity index (χ1) is 9.36. The Bertz CT molecular complexity index is 698. The lowest BCUT2D eigenvalue weighted by Gasteiger charge is -2.08. The van der Waals surface area contributed by atoms with Crippen molar-refractivity contribution in [3.8, 4) is 5.75 Å². The Kier molecular flexibility index (Phi) is 4.29. The Morgan fingerprint density at radius 1 is 1.25 bits per heavy atom. The molecule has 0 saturated heterocycles. The molecule has 0 atom stereocenters. The Morgan fingerprint density at radius 2 is 1.90 bits per heavy atom. The summed E-state index contributed by atoms with van der Waals surface area (Å²) in [4.78, 5) is 15.3. The van der Waals surface area contributed by atoms with Gasteiger partial charge in [0.1, 0.15) is 11.5 Å². The van der Waals surface area contributed by atoms with E-state index in [0.29, 0.717) is 15.0 Å². The number of halogens is 4. The number of aromatic nitrogens is 1. The monoisotopic (exact) mass is 407 g/mol. The number of rotatable bonds is 3. The van der Waals surface area contributed by atoms with Crippen molar-refractivity contribution in [1.29, 1.82) is 0 Å². The molecule has 106 valence electrons. The van der Waals surface area contributed by atoms with Gasteiger partial charge in [-0.15, -0.1) is 0 Å². The van der Waals surface area contributed by atoms with E-state index in [1.807, 2.05) is 0 Å². The molecule has 0 spiro atoms. The SMILES string of the molecule is COc1c(F)cc(F)cc1C(=O)c1[nH]c(C)c(Br)c1Br. The van der Waals surface area contributed by atoms with Crippen LogP contribution in [0.4, 0.5) is 8.78 Å². The third-order valence-corrected chi connectivity index (χ3v) is 5.05. The van der Waals surface area contributed by atoms with E-state index in [1.165, 1.54) is 7.11 Å². The first kappa shape index (κ1) is 15.2. The second-order valence-electron chi connectivity index (χ2n) is 4.05. The first-order valence-electron chi connectivity index (χ1n) is 5.48. The Balaban J connectivity index is 2.61. The van der Waals surface area contributed by atoms with Crippen molar-refractivity contribution in [2.24, 2.45) is 0 Å². The Morgan fingerprint density at radius 3 is 2.40 bits per heavy atom. The minimum Gasteiger partial charge on any atom is -0.493 e. The maximum Gasteiger partial charge on any atom is 0.214 e. The molecule has 0 aliphatic rings. The number of aryl methyl sites for hydroxylation is 1. The number of H-pyrrole nitrogens is 1. The van der Waals surface area contributed by atoms with Crippen LogP contribution in [0.25, 0.3) is 0 Å². The molecule has 7 heteroatoms. The highest BCUT2D eigenvalue weighted by Gasteiger charge is 2.24. The number of hydrogen-bond donors (Lipinski definition) is 1. The van der Waals surface area contributed by atoms with E-state index < -0.39 is 17.4 Å². The van der Waals surface area contributed by atoms with Crippen molar-refractivity contribution in [3.05, 3.63) is 49.7 Å². The van der Waals surface area contributed by atoms with Gasteiger partial charge in [-0.05, 0) is 44.8 Å². The predicted octanol–water partition coefficient (Wildman–Crippen LogP) is 4.37. The molecule has 0 bridgehead atoms. The molecule has 1 aromatic carbocycles. The number of carbonyl (C=O) groups excluding carboxylic acids is 1. The van der Waals surface area contributed by atoms with Gasteiger partial charge in [-0.3, -0.25) is 4.79 Å². The molecule has 20 heavy (non-hydrogen) atoms. The Labute approximate surface area is 130 Å². The zero-order valence-electron chi connectivity index (χ0n) is 10.5. The first-order valence-corrected chi connectivity index (χ1v) is 7.06. The van der Waals surface area contributed by atoms with Gasteiger partial charge >= 0.3 is 0 Å². The third-order valence-electron chi connectivity index (χ3n) is 2.74. The van der Waals surface area contributed by atoms with Crippen LogP contribution in [0.2, 0.25) is 0 Å². The number of ether oxygens (including phenoxy) is 1. The molecule has 2 rings (SSSR count). The largest absolute Gasteiger partial charge is 0.493 e. The summed E-state index contributed by atoms with van der Waals surface area (Å²) in [6.07, 6.45) is 0. The smallest absolute Gasteiger partial charge is 0.214 e. The van der Waals surface area contributed by atoms with Gasteiger partial charge in [0.25, 0.3) is 0 Å². The summed E-state index contributed by atoms with van der Waals surface area (Å²) in [6, 6.07) is 1.61. The molecule has 0 aliphatic carbocycles. The van der Waals surface area contributed by atoms with E-state index in [-0.39, 0.29) is 17.0 Å². The standard InChI is InChI=1S/C13H9Br2F2NO2/c1-5-9(14)10(15)11(18-5)12(19)7-3-6(16)4-8(17)13(7)20-2/h3-4,18H,1-2H3. The van der Waals surface area contributed by atoms with Crippen LogP contribution in [0.3, 0.4) is 0 Å².